The Balaban J connectivity index is 1.62. The molecule has 0 bridgehead atoms. The van der Waals surface area contributed by atoms with E-state index >= 15 is 0 Å². The quantitative estimate of drug-likeness (QED) is 0.486. The summed E-state index contributed by atoms with van der Waals surface area (Å²) in [6.45, 7) is 5.20. The van der Waals surface area contributed by atoms with Crippen LogP contribution >= 0.6 is 0 Å². The molecule has 0 radical (unpaired) electrons. The Kier molecular flexibility index (Phi) is 5.01. The van der Waals surface area contributed by atoms with Crippen molar-refractivity contribution in [3.63, 3.8) is 0 Å². The van der Waals surface area contributed by atoms with Crippen LogP contribution < -0.4 is 4.90 Å². The summed E-state index contributed by atoms with van der Waals surface area (Å²) in [5.41, 5.74) is 3.54. The first kappa shape index (κ1) is 20.4. The molecule has 164 valence electrons. The molecule has 8 nitrogen and oxygen atoms in total. The van der Waals surface area contributed by atoms with Crippen LogP contribution in [0.5, 0.6) is 0 Å². The van der Waals surface area contributed by atoms with E-state index in [2.05, 4.69) is 25.0 Å². The number of aromatic nitrogens is 6. The van der Waals surface area contributed by atoms with E-state index in [9.17, 15) is 8.78 Å². The molecular formula is C22H21F2N7O. The van der Waals surface area contributed by atoms with Crippen LogP contribution in [-0.4, -0.2) is 49.4 Å². The zero-order valence-corrected chi connectivity index (χ0v) is 17.9. The number of nitrogens with zero attached hydrogens (tertiary/aromatic N) is 7. The Bertz CT molecular complexity index is 1320. The molecular weight excluding hydrogens is 416 g/mol. The molecule has 0 unspecified atom stereocenters. The van der Waals surface area contributed by atoms with Gasteiger partial charge in [-0.05, 0) is 26.0 Å². The zero-order valence-electron chi connectivity index (χ0n) is 17.9. The summed E-state index contributed by atoms with van der Waals surface area (Å²) < 4.78 is 35.9. The van der Waals surface area contributed by atoms with Gasteiger partial charge in [0.2, 0.25) is 5.95 Å². The number of anilines is 1. The lowest BCUT2D eigenvalue weighted by molar-refractivity contribution is 0.0392. The number of fused-ring (bicyclic) bond motifs is 1. The molecule has 1 aliphatic rings. The van der Waals surface area contributed by atoms with Crippen LogP contribution in [0.2, 0.25) is 0 Å². The normalized spacial score (nSPS) is 16.7. The first-order chi connectivity index (χ1) is 15.4. The average molecular weight is 437 g/mol. The smallest absolute Gasteiger partial charge is 0.228 e. The van der Waals surface area contributed by atoms with Crippen molar-refractivity contribution in [2.75, 3.05) is 24.6 Å². The number of halogens is 2. The first-order valence-corrected chi connectivity index (χ1v) is 10.2. The molecule has 3 aromatic heterocycles. The van der Waals surface area contributed by atoms with Gasteiger partial charge in [-0.25, -0.2) is 23.7 Å². The number of aryl methyl sites for hydroxylation is 3. The predicted octanol–water partition coefficient (Wildman–Crippen LogP) is 3.29. The number of hydrogen-bond donors (Lipinski definition) is 0. The second-order valence-electron chi connectivity index (χ2n) is 7.82. The van der Waals surface area contributed by atoms with Crippen molar-refractivity contribution in [2.24, 2.45) is 7.05 Å². The Hall–Kier alpha value is -3.53. The molecule has 1 saturated heterocycles. The third-order valence-corrected chi connectivity index (χ3v) is 5.56. The van der Waals surface area contributed by atoms with Crippen molar-refractivity contribution in [2.45, 2.75) is 20.0 Å². The highest BCUT2D eigenvalue weighted by Crippen LogP contribution is 2.31. The number of benzene rings is 1. The molecule has 4 heterocycles. The van der Waals surface area contributed by atoms with E-state index in [1.165, 1.54) is 12.1 Å². The van der Waals surface area contributed by atoms with Gasteiger partial charge in [-0.3, -0.25) is 4.68 Å². The number of rotatable bonds is 3. The molecule has 4 aromatic rings. The van der Waals surface area contributed by atoms with Crippen LogP contribution in [-0.2, 0) is 11.8 Å². The molecule has 10 heteroatoms. The molecule has 1 aliphatic heterocycles. The lowest BCUT2D eigenvalue weighted by atomic mass is 10.1. The molecule has 32 heavy (non-hydrogen) atoms. The highest BCUT2D eigenvalue weighted by molar-refractivity contribution is 5.88. The molecule has 0 N–H and O–H groups in total. The van der Waals surface area contributed by atoms with E-state index in [-0.39, 0.29) is 17.4 Å². The van der Waals surface area contributed by atoms with Gasteiger partial charge < -0.3 is 9.64 Å². The SMILES string of the molecule is Cc1nc2nc(N3CCO[C@@H](c4cnn(C)c4)C3)nc(-c3ccc(F)cc3F)c2nc1C. The van der Waals surface area contributed by atoms with Crippen molar-refractivity contribution in [1.29, 1.82) is 0 Å². The fraction of sp³-hybridized carbons (Fsp3) is 0.318. The molecule has 0 saturated carbocycles. The summed E-state index contributed by atoms with van der Waals surface area (Å²) in [7, 11) is 1.85. The van der Waals surface area contributed by atoms with Crippen LogP contribution in [0, 0.1) is 25.5 Å². The number of ether oxygens (including phenoxy) is 1. The van der Waals surface area contributed by atoms with Crippen molar-refractivity contribution >= 4 is 17.1 Å². The van der Waals surface area contributed by atoms with E-state index in [0.29, 0.717) is 42.5 Å². The first-order valence-electron chi connectivity index (χ1n) is 10.2. The second-order valence-corrected chi connectivity index (χ2v) is 7.82. The molecule has 0 amide bonds. The van der Waals surface area contributed by atoms with Gasteiger partial charge in [0.05, 0.1) is 30.7 Å². The lowest BCUT2D eigenvalue weighted by Crippen LogP contribution is -2.39. The van der Waals surface area contributed by atoms with Gasteiger partial charge in [-0.15, -0.1) is 0 Å². The Morgan fingerprint density at radius 1 is 1.06 bits per heavy atom. The lowest BCUT2D eigenvalue weighted by Gasteiger charge is -2.32. The van der Waals surface area contributed by atoms with E-state index in [1.807, 2.05) is 32.0 Å². The van der Waals surface area contributed by atoms with E-state index in [0.717, 1.165) is 17.3 Å². The fourth-order valence-corrected chi connectivity index (χ4v) is 3.75. The van der Waals surface area contributed by atoms with Gasteiger partial charge in [-0.1, -0.05) is 0 Å². The number of morpholine rings is 1. The van der Waals surface area contributed by atoms with Crippen molar-refractivity contribution in [3.8, 4) is 11.3 Å². The van der Waals surface area contributed by atoms with Crippen molar-refractivity contribution in [1.82, 2.24) is 29.7 Å². The molecule has 5 rings (SSSR count). The third kappa shape index (κ3) is 3.66. The zero-order chi connectivity index (χ0) is 22.4. The maximum Gasteiger partial charge on any atom is 0.228 e. The minimum Gasteiger partial charge on any atom is -0.370 e. The fourth-order valence-electron chi connectivity index (χ4n) is 3.75. The summed E-state index contributed by atoms with van der Waals surface area (Å²) in [6.07, 6.45) is 3.48. The minimum absolute atomic E-state index is 0.148. The van der Waals surface area contributed by atoms with Crippen LogP contribution in [0.4, 0.5) is 14.7 Å². The van der Waals surface area contributed by atoms with Crippen molar-refractivity contribution in [3.05, 3.63) is 59.2 Å². The summed E-state index contributed by atoms with van der Waals surface area (Å²) in [6, 6.07) is 3.41. The van der Waals surface area contributed by atoms with Gasteiger partial charge in [0, 0.05) is 37.0 Å². The van der Waals surface area contributed by atoms with Crippen molar-refractivity contribution < 1.29 is 13.5 Å². The largest absolute Gasteiger partial charge is 0.370 e. The standard InChI is InChI=1S/C22H21F2N7O/c1-12-13(2)27-21-20(26-12)19(16-5-4-15(23)8-17(16)24)28-22(29-21)31-6-7-32-18(11-31)14-9-25-30(3)10-14/h4-5,8-10,18H,6-7,11H2,1-3H3/t18-/m1/s1. The molecule has 1 aromatic carbocycles. The summed E-state index contributed by atoms with van der Waals surface area (Å²) >= 11 is 0. The van der Waals surface area contributed by atoms with Crippen LogP contribution in [0.1, 0.15) is 23.1 Å². The molecule has 0 spiro atoms. The monoisotopic (exact) mass is 437 g/mol. The highest BCUT2D eigenvalue weighted by Gasteiger charge is 2.27. The Labute approximate surface area is 182 Å². The maximum absolute atomic E-state index is 14.7. The van der Waals surface area contributed by atoms with E-state index < -0.39 is 11.6 Å². The third-order valence-electron chi connectivity index (χ3n) is 5.56. The Morgan fingerprint density at radius 2 is 1.88 bits per heavy atom. The molecule has 1 atom stereocenters. The van der Waals surface area contributed by atoms with E-state index in [1.54, 1.807) is 10.9 Å². The van der Waals surface area contributed by atoms with Crippen LogP contribution in [0.3, 0.4) is 0 Å². The predicted molar refractivity (Wildman–Crippen MR) is 114 cm³/mol. The second kappa shape index (κ2) is 7.86. The van der Waals surface area contributed by atoms with Gasteiger partial charge >= 0.3 is 0 Å². The van der Waals surface area contributed by atoms with Gasteiger partial charge in [0.15, 0.2) is 5.65 Å². The van der Waals surface area contributed by atoms with Gasteiger partial charge in [0.1, 0.15) is 28.9 Å². The van der Waals surface area contributed by atoms with E-state index in [4.69, 9.17) is 4.74 Å². The average Bonchev–Trinajstić information content (AvgIpc) is 3.21. The minimum atomic E-state index is -0.716. The van der Waals surface area contributed by atoms with Gasteiger partial charge in [-0.2, -0.15) is 10.1 Å². The summed E-state index contributed by atoms with van der Waals surface area (Å²) in [5, 5.41) is 4.22. The summed E-state index contributed by atoms with van der Waals surface area (Å²) in [5.74, 6) is -0.979. The van der Waals surface area contributed by atoms with Crippen LogP contribution in [0.15, 0.2) is 30.6 Å². The topological polar surface area (TPSA) is 81.9 Å². The highest BCUT2D eigenvalue weighted by atomic mass is 19.1. The maximum atomic E-state index is 14.7. The Morgan fingerprint density at radius 3 is 2.62 bits per heavy atom. The number of hydrogen-bond acceptors (Lipinski definition) is 7. The van der Waals surface area contributed by atoms with Gasteiger partial charge in [0.25, 0.3) is 0 Å². The summed E-state index contributed by atoms with van der Waals surface area (Å²) in [4.78, 5) is 20.4. The molecule has 0 aliphatic carbocycles. The molecule has 1 fully saturated rings. The van der Waals surface area contributed by atoms with Crippen LogP contribution in [0.25, 0.3) is 22.4 Å².